The van der Waals surface area contributed by atoms with Crippen molar-refractivity contribution in [2.75, 3.05) is 31.5 Å². The van der Waals surface area contributed by atoms with Crippen LogP contribution >= 0.6 is 11.6 Å². The minimum Gasteiger partial charge on any atom is -0.447 e. The number of sulfonamides is 1. The number of hydrogen-bond acceptors (Lipinski definition) is 6. The molecule has 0 saturated carbocycles. The number of imidazole rings is 1. The molecule has 0 aliphatic carbocycles. The van der Waals surface area contributed by atoms with Crippen molar-refractivity contribution >= 4 is 39.6 Å². The zero-order valence-electron chi connectivity index (χ0n) is 16.5. The Bertz CT molecular complexity index is 1020. The first kappa shape index (κ1) is 22.1. The van der Waals surface area contributed by atoms with Gasteiger partial charge in [-0.2, -0.15) is 4.31 Å². The Kier molecular flexibility index (Phi) is 6.64. The molecule has 1 aliphatic heterocycles. The number of carbonyl (C=O) groups is 2. The second kappa shape index (κ2) is 9.02. The number of aromatic nitrogens is 2. The molecule has 1 saturated heterocycles. The average molecular weight is 456 g/mol. The number of anilines is 1. The molecule has 0 spiro atoms. The van der Waals surface area contributed by atoms with E-state index in [0.717, 1.165) is 0 Å². The molecular weight excluding hydrogens is 434 g/mol. The summed E-state index contributed by atoms with van der Waals surface area (Å²) >= 11 is 6.10. The van der Waals surface area contributed by atoms with Crippen LogP contribution < -0.4 is 5.32 Å². The second-order valence-electron chi connectivity index (χ2n) is 6.86. The van der Waals surface area contributed by atoms with Gasteiger partial charge in [-0.15, -0.1) is 0 Å². The van der Waals surface area contributed by atoms with E-state index >= 15 is 0 Å². The predicted octanol–water partition coefficient (Wildman–Crippen LogP) is 2.17. The lowest BCUT2D eigenvalue weighted by Crippen LogP contribution is -2.50. The molecule has 1 aromatic heterocycles. The third-order valence-corrected chi connectivity index (χ3v) is 6.61. The largest absolute Gasteiger partial charge is 0.447 e. The first-order valence-electron chi connectivity index (χ1n) is 9.24. The fraction of sp³-hybridized carbons (Fsp3) is 0.389. The molecule has 12 heteroatoms. The van der Waals surface area contributed by atoms with Gasteiger partial charge in [0.2, 0.25) is 16.0 Å². The van der Waals surface area contributed by atoms with E-state index in [1.165, 1.54) is 39.8 Å². The van der Waals surface area contributed by atoms with E-state index in [0.29, 0.717) is 0 Å². The summed E-state index contributed by atoms with van der Waals surface area (Å²) in [4.78, 5) is 32.5. The lowest BCUT2D eigenvalue weighted by molar-refractivity contribution is 0.0666. The second-order valence-corrected chi connectivity index (χ2v) is 9.20. The summed E-state index contributed by atoms with van der Waals surface area (Å²) < 4.78 is 32.5. The minimum absolute atomic E-state index is 0.00767. The molecule has 30 heavy (non-hydrogen) atoms. The van der Waals surface area contributed by atoms with Crippen molar-refractivity contribution < 1.29 is 22.7 Å². The Morgan fingerprint density at radius 2 is 1.93 bits per heavy atom. The summed E-state index contributed by atoms with van der Waals surface area (Å²) in [5, 5.41) is 2.62. The van der Waals surface area contributed by atoms with E-state index < -0.39 is 22.0 Å². The van der Waals surface area contributed by atoms with Crippen molar-refractivity contribution in [3.63, 3.8) is 0 Å². The minimum atomic E-state index is -3.88. The molecule has 3 rings (SSSR count). The van der Waals surface area contributed by atoms with Gasteiger partial charge >= 0.3 is 6.09 Å². The number of halogens is 1. The van der Waals surface area contributed by atoms with Crippen LogP contribution in [0, 0.1) is 0 Å². The van der Waals surface area contributed by atoms with Gasteiger partial charge in [0, 0.05) is 38.6 Å². The normalized spacial score (nSPS) is 15.3. The van der Waals surface area contributed by atoms with Gasteiger partial charge in [-0.3, -0.25) is 10.1 Å². The van der Waals surface area contributed by atoms with Crippen LogP contribution in [0.15, 0.2) is 35.5 Å². The lowest BCUT2D eigenvalue weighted by Gasteiger charge is -2.33. The monoisotopic (exact) mass is 455 g/mol. The number of nitrogens with one attached hydrogen (secondary N) is 2. The molecule has 1 fully saturated rings. The maximum atomic E-state index is 13.0. The van der Waals surface area contributed by atoms with Crippen LogP contribution in [0.3, 0.4) is 0 Å². The van der Waals surface area contributed by atoms with Crippen molar-refractivity contribution in [1.82, 2.24) is 19.2 Å². The maximum absolute atomic E-state index is 13.0. The zero-order valence-corrected chi connectivity index (χ0v) is 18.0. The summed E-state index contributed by atoms with van der Waals surface area (Å²) in [5.74, 6) is -0.373. The molecule has 1 aliphatic rings. The fourth-order valence-corrected chi connectivity index (χ4v) is 4.54. The molecule has 2 heterocycles. The number of piperazine rings is 1. The molecule has 2 amide bonds. The number of nitrogens with zero attached hydrogens (tertiary/aromatic N) is 3. The number of carbonyl (C=O) groups excluding carboxylic acids is 2. The Morgan fingerprint density at radius 3 is 2.53 bits per heavy atom. The summed E-state index contributed by atoms with van der Waals surface area (Å²) in [6, 6.07) is 3.94. The Labute approximate surface area is 179 Å². The smallest absolute Gasteiger partial charge is 0.410 e. The van der Waals surface area contributed by atoms with Gasteiger partial charge in [-0.1, -0.05) is 11.6 Å². The van der Waals surface area contributed by atoms with Crippen molar-refractivity contribution in [2.45, 2.75) is 24.8 Å². The lowest BCUT2D eigenvalue weighted by atomic mass is 10.2. The highest BCUT2D eigenvalue weighted by molar-refractivity contribution is 7.89. The van der Waals surface area contributed by atoms with Crippen molar-refractivity contribution in [3.05, 3.63) is 41.2 Å². The third kappa shape index (κ3) is 4.91. The molecule has 0 atom stereocenters. The summed E-state index contributed by atoms with van der Waals surface area (Å²) in [5.41, 5.74) is 0.00767. The summed E-state index contributed by atoms with van der Waals surface area (Å²) in [6.45, 7) is 4.16. The van der Waals surface area contributed by atoms with Crippen molar-refractivity contribution in [3.8, 4) is 0 Å². The topological polar surface area (TPSA) is 125 Å². The van der Waals surface area contributed by atoms with Crippen LogP contribution in [0.4, 0.5) is 10.7 Å². The standard InChI is InChI=1S/C18H22ClN5O5S/c1-12(2)29-18(26)23-7-9-24(10-8-23)30(27,28)13-3-4-15(19)14(11-13)16(25)22-17-20-5-6-21-17/h3-6,11-12H,7-10H2,1-2H3,(H2,20,21,22,25). The van der Waals surface area contributed by atoms with Gasteiger partial charge < -0.3 is 14.6 Å². The number of amides is 2. The van der Waals surface area contributed by atoms with Gasteiger partial charge in [-0.25, -0.2) is 18.2 Å². The van der Waals surface area contributed by atoms with E-state index in [1.807, 2.05) is 0 Å². The number of aromatic amines is 1. The van der Waals surface area contributed by atoms with Crippen LogP contribution in [0.5, 0.6) is 0 Å². The number of benzene rings is 1. The highest BCUT2D eigenvalue weighted by Gasteiger charge is 2.31. The number of H-pyrrole nitrogens is 1. The number of ether oxygens (including phenoxy) is 1. The molecule has 2 N–H and O–H groups in total. The zero-order chi connectivity index (χ0) is 21.9. The summed E-state index contributed by atoms with van der Waals surface area (Å²) in [6.07, 6.45) is 2.29. The fourth-order valence-electron chi connectivity index (χ4n) is 2.88. The van der Waals surface area contributed by atoms with Crippen molar-refractivity contribution in [2.24, 2.45) is 0 Å². The molecule has 10 nitrogen and oxygen atoms in total. The average Bonchev–Trinajstić information content (AvgIpc) is 3.20. The van der Waals surface area contributed by atoms with Crippen LogP contribution in [0.1, 0.15) is 24.2 Å². The Morgan fingerprint density at radius 1 is 1.23 bits per heavy atom. The van der Waals surface area contributed by atoms with Crippen LogP contribution in [-0.2, 0) is 14.8 Å². The third-order valence-electron chi connectivity index (χ3n) is 4.38. The highest BCUT2D eigenvalue weighted by Crippen LogP contribution is 2.24. The Balaban J connectivity index is 1.73. The molecule has 2 aromatic rings. The van der Waals surface area contributed by atoms with Crippen LogP contribution in [0.25, 0.3) is 0 Å². The van der Waals surface area contributed by atoms with Gasteiger partial charge in [0.1, 0.15) is 0 Å². The SMILES string of the molecule is CC(C)OC(=O)N1CCN(S(=O)(=O)c2ccc(Cl)c(C(=O)Nc3ncc[nH]3)c2)CC1. The van der Waals surface area contributed by atoms with E-state index in [-0.39, 0.29) is 53.7 Å². The maximum Gasteiger partial charge on any atom is 0.410 e. The van der Waals surface area contributed by atoms with Crippen LogP contribution in [-0.4, -0.2) is 71.9 Å². The molecule has 162 valence electrons. The molecule has 0 radical (unpaired) electrons. The molecule has 0 unspecified atom stereocenters. The van der Waals surface area contributed by atoms with Gasteiger partial charge in [0.05, 0.1) is 21.6 Å². The first-order chi connectivity index (χ1) is 14.2. The van der Waals surface area contributed by atoms with E-state index in [4.69, 9.17) is 16.3 Å². The molecular formula is C18H22ClN5O5S. The van der Waals surface area contributed by atoms with E-state index in [1.54, 1.807) is 13.8 Å². The first-order valence-corrected chi connectivity index (χ1v) is 11.1. The summed E-state index contributed by atoms with van der Waals surface area (Å²) in [7, 11) is -3.88. The van der Waals surface area contributed by atoms with Crippen LogP contribution in [0.2, 0.25) is 5.02 Å². The highest BCUT2D eigenvalue weighted by atomic mass is 35.5. The van der Waals surface area contributed by atoms with E-state index in [9.17, 15) is 18.0 Å². The number of hydrogen-bond donors (Lipinski definition) is 2. The predicted molar refractivity (Wildman–Crippen MR) is 110 cm³/mol. The van der Waals surface area contributed by atoms with Gasteiger partial charge in [0.25, 0.3) is 5.91 Å². The number of rotatable bonds is 5. The van der Waals surface area contributed by atoms with Crippen molar-refractivity contribution in [1.29, 1.82) is 0 Å². The molecule has 0 bridgehead atoms. The van der Waals surface area contributed by atoms with Gasteiger partial charge in [0.15, 0.2) is 0 Å². The van der Waals surface area contributed by atoms with E-state index in [2.05, 4.69) is 15.3 Å². The quantitative estimate of drug-likeness (QED) is 0.711. The van der Waals surface area contributed by atoms with Gasteiger partial charge in [-0.05, 0) is 32.0 Å². The Hall–Kier alpha value is -2.63. The molecule has 1 aromatic carbocycles.